The Morgan fingerprint density at radius 3 is 2.48 bits per heavy atom. The first-order valence-corrected chi connectivity index (χ1v) is 7.96. The number of nitrogens with zero attached hydrogens (tertiary/aromatic N) is 3. The molecule has 114 valence electrons. The number of thioether (sulfide) groups is 1. The number of aromatic nitrogens is 2. The summed E-state index contributed by atoms with van der Waals surface area (Å²) < 4.78 is 0. The monoisotopic (exact) mass is 323 g/mol. The average Bonchev–Trinajstić information content (AvgIpc) is 2.61. The largest absolute Gasteiger partial charge is 0.269 e. The van der Waals surface area contributed by atoms with Crippen molar-refractivity contribution in [2.24, 2.45) is 0 Å². The van der Waals surface area contributed by atoms with Gasteiger partial charge in [-0.2, -0.15) is 0 Å². The Morgan fingerprint density at radius 1 is 0.957 bits per heavy atom. The topological polar surface area (TPSA) is 68.9 Å². The smallest absolute Gasteiger partial charge is 0.258 e. The van der Waals surface area contributed by atoms with E-state index in [2.05, 4.69) is 10.2 Å². The van der Waals surface area contributed by atoms with Crippen molar-refractivity contribution < 1.29 is 4.92 Å². The molecule has 5 nitrogen and oxygen atoms in total. The molecule has 1 aromatic heterocycles. The molecule has 0 spiro atoms. The SMILES string of the molecule is O=[N+]([O-])c1cccc(CSc2ccc(-c3ccccc3)nn2)c1. The molecule has 0 N–H and O–H groups in total. The van der Waals surface area contributed by atoms with Gasteiger partial charge in [0.25, 0.3) is 5.69 Å². The van der Waals surface area contributed by atoms with Crippen LogP contribution < -0.4 is 0 Å². The third-order valence-electron chi connectivity index (χ3n) is 3.22. The fourth-order valence-electron chi connectivity index (χ4n) is 2.08. The first-order valence-electron chi connectivity index (χ1n) is 6.98. The number of hydrogen-bond acceptors (Lipinski definition) is 5. The lowest BCUT2D eigenvalue weighted by atomic mass is 10.1. The second-order valence-electron chi connectivity index (χ2n) is 4.84. The minimum atomic E-state index is -0.386. The molecular formula is C17H13N3O2S. The van der Waals surface area contributed by atoms with Crippen LogP contribution in [0, 0.1) is 10.1 Å². The van der Waals surface area contributed by atoms with Gasteiger partial charge in [-0.15, -0.1) is 10.2 Å². The highest BCUT2D eigenvalue weighted by molar-refractivity contribution is 7.98. The van der Waals surface area contributed by atoms with Crippen LogP contribution in [0.2, 0.25) is 0 Å². The van der Waals surface area contributed by atoms with Gasteiger partial charge in [-0.1, -0.05) is 54.2 Å². The highest BCUT2D eigenvalue weighted by Crippen LogP contribution is 2.24. The molecule has 0 radical (unpaired) electrons. The summed E-state index contributed by atoms with van der Waals surface area (Å²) in [4.78, 5) is 10.4. The van der Waals surface area contributed by atoms with Crippen molar-refractivity contribution in [3.05, 3.63) is 82.4 Å². The van der Waals surface area contributed by atoms with E-state index in [4.69, 9.17) is 0 Å². The van der Waals surface area contributed by atoms with E-state index in [0.717, 1.165) is 21.8 Å². The van der Waals surface area contributed by atoms with Gasteiger partial charge < -0.3 is 0 Å². The maximum Gasteiger partial charge on any atom is 0.269 e. The number of hydrogen-bond donors (Lipinski definition) is 0. The first-order chi connectivity index (χ1) is 11.2. The number of rotatable bonds is 5. The van der Waals surface area contributed by atoms with E-state index >= 15 is 0 Å². The van der Waals surface area contributed by atoms with Crippen LogP contribution >= 0.6 is 11.8 Å². The highest BCUT2D eigenvalue weighted by Gasteiger charge is 2.07. The van der Waals surface area contributed by atoms with Crippen LogP contribution in [-0.2, 0) is 5.75 Å². The van der Waals surface area contributed by atoms with Crippen LogP contribution in [-0.4, -0.2) is 15.1 Å². The molecule has 1 heterocycles. The van der Waals surface area contributed by atoms with Crippen molar-refractivity contribution >= 4 is 17.4 Å². The van der Waals surface area contributed by atoms with Gasteiger partial charge in [0, 0.05) is 23.4 Å². The summed E-state index contributed by atoms with van der Waals surface area (Å²) in [6.45, 7) is 0. The van der Waals surface area contributed by atoms with E-state index in [1.54, 1.807) is 12.1 Å². The molecule has 0 saturated carbocycles. The fourth-order valence-corrected chi connectivity index (χ4v) is 2.83. The van der Waals surface area contributed by atoms with Crippen LogP contribution in [0.4, 0.5) is 5.69 Å². The Bertz CT molecular complexity index is 808. The van der Waals surface area contributed by atoms with Crippen LogP contribution in [0.15, 0.2) is 71.8 Å². The normalized spacial score (nSPS) is 10.4. The third-order valence-corrected chi connectivity index (χ3v) is 4.21. The minimum absolute atomic E-state index is 0.105. The van der Waals surface area contributed by atoms with Crippen LogP contribution in [0.25, 0.3) is 11.3 Å². The molecule has 0 fully saturated rings. The van der Waals surface area contributed by atoms with Crippen LogP contribution in [0.5, 0.6) is 0 Å². The second-order valence-corrected chi connectivity index (χ2v) is 5.83. The van der Waals surface area contributed by atoms with Crippen molar-refractivity contribution in [3.63, 3.8) is 0 Å². The lowest BCUT2D eigenvalue weighted by Gasteiger charge is -2.03. The molecule has 0 aliphatic rings. The molecule has 3 rings (SSSR count). The zero-order valence-corrected chi connectivity index (χ0v) is 12.9. The number of non-ortho nitro benzene ring substituents is 1. The van der Waals surface area contributed by atoms with Gasteiger partial charge in [-0.25, -0.2) is 0 Å². The lowest BCUT2D eigenvalue weighted by Crippen LogP contribution is -1.91. The molecule has 0 aliphatic carbocycles. The van der Waals surface area contributed by atoms with Crippen LogP contribution in [0.3, 0.4) is 0 Å². The molecular weight excluding hydrogens is 310 g/mol. The zero-order valence-electron chi connectivity index (χ0n) is 12.1. The van der Waals surface area contributed by atoms with Gasteiger partial charge in [0.15, 0.2) is 0 Å². The van der Waals surface area contributed by atoms with Crippen LogP contribution in [0.1, 0.15) is 5.56 Å². The Kier molecular flexibility index (Phi) is 4.63. The summed E-state index contributed by atoms with van der Waals surface area (Å²) in [5.41, 5.74) is 2.84. The van der Waals surface area contributed by atoms with Gasteiger partial charge in [-0.3, -0.25) is 10.1 Å². The molecule has 3 aromatic rings. The molecule has 0 saturated heterocycles. The van der Waals surface area contributed by atoms with Crippen molar-refractivity contribution in [2.45, 2.75) is 10.8 Å². The predicted octanol–water partition coefficient (Wildman–Crippen LogP) is 4.34. The summed E-state index contributed by atoms with van der Waals surface area (Å²) in [5, 5.41) is 20.0. The standard InChI is InChI=1S/C17H13N3O2S/c21-20(22)15-8-4-5-13(11-15)12-23-17-10-9-16(18-19-17)14-6-2-1-3-7-14/h1-11H,12H2. The highest BCUT2D eigenvalue weighted by atomic mass is 32.2. The number of nitro groups is 1. The molecule has 0 bridgehead atoms. The van der Waals surface area contributed by atoms with Gasteiger partial charge >= 0.3 is 0 Å². The quantitative estimate of drug-likeness (QED) is 0.397. The molecule has 0 amide bonds. The first kappa shape index (κ1) is 15.2. The summed E-state index contributed by atoms with van der Waals surface area (Å²) in [5.74, 6) is 0.612. The van der Waals surface area contributed by atoms with Gasteiger partial charge in [-0.05, 0) is 17.7 Å². The number of nitro benzene ring substituents is 1. The average molecular weight is 323 g/mol. The zero-order chi connectivity index (χ0) is 16.1. The van der Waals surface area contributed by atoms with E-state index in [9.17, 15) is 10.1 Å². The van der Waals surface area contributed by atoms with Gasteiger partial charge in [0.2, 0.25) is 0 Å². The van der Waals surface area contributed by atoms with Gasteiger partial charge in [0.05, 0.1) is 10.6 Å². The second kappa shape index (κ2) is 7.02. The predicted molar refractivity (Wildman–Crippen MR) is 90.1 cm³/mol. The van der Waals surface area contributed by atoms with Crippen molar-refractivity contribution in [1.82, 2.24) is 10.2 Å². The molecule has 23 heavy (non-hydrogen) atoms. The van der Waals surface area contributed by atoms with E-state index in [1.807, 2.05) is 48.5 Å². The van der Waals surface area contributed by atoms with Crippen molar-refractivity contribution in [2.75, 3.05) is 0 Å². The van der Waals surface area contributed by atoms with Gasteiger partial charge in [0.1, 0.15) is 5.03 Å². The minimum Gasteiger partial charge on any atom is -0.258 e. The molecule has 2 aromatic carbocycles. The Morgan fingerprint density at radius 2 is 1.78 bits per heavy atom. The van der Waals surface area contributed by atoms with E-state index in [0.29, 0.717) is 5.75 Å². The number of benzene rings is 2. The Hall–Kier alpha value is -2.73. The van der Waals surface area contributed by atoms with E-state index in [1.165, 1.54) is 17.8 Å². The fraction of sp³-hybridized carbons (Fsp3) is 0.0588. The summed E-state index contributed by atoms with van der Waals surface area (Å²) in [6, 6.07) is 20.3. The molecule has 6 heteroatoms. The van der Waals surface area contributed by atoms with E-state index in [-0.39, 0.29) is 10.6 Å². The van der Waals surface area contributed by atoms with Crippen molar-refractivity contribution in [3.8, 4) is 11.3 Å². The summed E-state index contributed by atoms with van der Waals surface area (Å²) in [7, 11) is 0. The van der Waals surface area contributed by atoms with Crippen molar-refractivity contribution in [1.29, 1.82) is 0 Å². The van der Waals surface area contributed by atoms with E-state index < -0.39 is 0 Å². The molecule has 0 atom stereocenters. The lowest BCUT2D eigenvalue weighted by molar-refractivity contribution is -0.384. The third kappa shape index (κ3) is 3.92. The summed E-state index contributed by atoms with van der Waals surface area (Å²) >= 11 is 1.50. The Labute approximate surface area is 137 Å². The maximum absolute atomic E-state index is 10.8. The maximum atomic E-state index is 10.8. The molecule has 0 aliphatic heterocycles. The summed E-state index contributed by atoms with van der Waals surface area (Å²) in [6.07, 6.45) is 0. The molecule has 0 unspecified atom stereocenters. The Balaban J connectivity index is 1.67.